The predicted octanol–water partition coefficient (Wildman–Crippen LogP) is 8.35. The highest BCUT2D eigenvalue weighted by Gasteiger charge is 2.14. The molecule has 0 radical (unpaired) electrons. The molecule has 1 fully saturated rings. The standard InChI is InChI=1S/C11H22N2O.C9H14.C5H10O.C3H6.C2H6.C2H2/c1-10-4-8-13(9-5-10)7-3-6-12-11(2)14;1-4-6-8-9(3)7-5-2;1-5(2)4-6-3;1-3-2;2*1-2/h10H,3-9H2,1-2H3,(H,12,14);4-8H,1-3H3;4H,1-3H3;3H,1H2,2H3;1-2H3;1-2H/b;6-4-,7-5-,9-8-;;;;. The Bertz CT molecular complexity index is 587. The summed E-state index contributed by atoms with van der Waals surface area (Å²) in [6, 6.07) is 0. The third-order valence-electron chi connectivity index (χ3n) is 4.24. The molecule has 36 heavy (non-hydrogen) atoms. The molecule has 1 heterocycles. The Kier molecular flexibility index (Phi) is 48.0. The van der Waals surface area contributed by atoms with Gasteiger partial charge in [0.15, 0.2) is 0 Å². The maximum atomic E-state index is 10.6. The van der Waals surface area contributed by atoms with Gasteiger partial charge in [0.05, 0.1) is 13.4 Å². The van der Waals surface area contributed by atoms with Crippen LogP contribution in [0.4, 0.5) is 0 Å². The van der Waals surface area contributed by atoms with Crippen molar-refractivity contribution < 1.29 is 9.53 Å². The maximum Gasteiger partial charge on any atom is 0.216 e. The molecule has 0 saturated carbocycles. The second-order valence-corrected chi connectivity index (χ2v) is 8.14. The molecule has 0 aromatic heterocycles. The first-order valence-electron chi connectivity index (χ1n) is 13.1. The third-order valence-corrected chi connectivity index (χ3v) is 4.24. The molecule has 1 rings (SSSR count). The molecule has 1 N–H and O–H groups in total. The minimum atomic E-state index is 0.0808. The van der Waals surface area contributed by atoms with Gasteiger partial charge in [-0.1, -0.05) is 62.8 Å². The van der Waals surface area contributed by atoms with Gasteiger partial charge in [0.2, 0.25) is 5.91 Å². The molecule has 4 heteroatoms. The molecule has 1 aliphatic heterocycles. The molecule has 0 atom stereocenters. The van der Waals surface area contributed by atoms with E-state index < -0.39 is 0 Å². The van der Waals surface area contributed by atoms with Crippen LogP contribution in [0, 0.1) is 18.8 Å². The number of carbonyl (C=O) groups is 1. The van der Waals surface area contributed by atoms with Gasteiger partial charge in [-0.3, -0.25) is 4.79 Å². The highest BCUT2D eigenvalue weighted by Crippen LogP contribution is 2.15. The van der Waals surface area contributed by atoms with Gasteiger partial charge in [-0.05, 0) is 91.9 Å². The maximum absolute atomic E-state index is 10.6. The van der Waals surface area contributed by atoms with Crippen molar-refractivity contribution in [1.82, 2.24) is 10.2 Å². The van der Waals surface area contributed by atoms with Crippen LogP contribution in [0.15, 0.2) is 60.4 Å². The van der Waals surface area contributed by atoms with E-state index in [0.717, 1.165) is 25.4 Å². The molecular weight excluding hydrogens is 444 g/mol. The SMILES string of the molecule is C#C.C=CC.CC.CC(=O)NCCCN1CCC(C)CC1.COC=C(C)C.C\C=C/C=C(C)\C=C/C. The number of rotatable bonds is 7. The summed E-state index contributed by atoms with van der Waals surface area (Å²) in [4.78, 5) is 13.1. The Balaban J connectivity index is -0.000000126. The molecule has 1 amide bonds. The summed E-state index contributed by atoms with van der Waals surface area (Å²) < 4.78 is 4.64. The lowest BCUT2D eigenvalue weighted by molar-refractivity contribution is -0.118. The number of carbonyl (C=O) groups excluding carboxylic acids is 1. The number of methoxy groups -OCH3 is 1. The third kappa shape index (κ3) is 48.8. The van der Waals surface area contributed by atoms with Crippen molar-refractivity contribution in [3.8, 4) is 12.8 Å². The first-order valence-corrected chi connectivity index (χ1v) is 13.1. The quantitative estimate of drug-likeness (QED) is 0.124. The summed E-state index contributed by atoms with van der Waals surface area (Å²) in [6.45, 7) is 27.7. The number of piperidine rings is 1. The fourth-order valence-corrected chi connectivity index (χ4v) is 2.65. The summed E-state index contributed by atoms with van der Waals surface area (Å²) >= 11 is 0. The Hall–Kier alpha value is -2.51. The summed E-state index contributed by atoms with van der Waals surface area (Å²) in [5.41, 5.74) is 2.48. The molecular formula is C32H60N2O2. The number of terminal acetylenes is 1. The molecule has 210 valence electrons. The monoisotopic (exact) mass is 504 g/mol. The summed E-state index contributed by atoms with van der Waals surface area (Å²) in [6.07, 6.45) is 25.5. The number of amides is 1. The van der Waals surface area contributed by atoms with Crippen LogP contribution in [-0.2, 0) is 9.53 Å². The molecule has 1 aliphatic rings. The Labute approximate surface area is 226 Å². The number of hydrogen-bond acceptors (Lipinski definition) is 3. The van der Waals surface area contributed by atoms with Crippen LogP contribution in [0.2, 0.25) is 0 Å². The molecule has 0 spiro atoms. The van der Waals surface area contributed by atoms with E-state index in [2.05, 4.69) is 60.4 Å². The van der Waals surface area contributed by atoms with E-state index in [0.29, 0.717) is 0 Å². The van der Waals surface area contributed by atoms with Gasteiger partial charge in [-0.25, -0.2) is 0 Å². The highest BCUT2D eigenvalue weighted by atomic mass is 16.5. The van der Waals surface area contributed by atoms with Crippen molar-refractivity contribution in [3.05, 3.63) is 60.4 Å². The van der Waals surface area contributed by atoms with Gasteiger partial charge in [0, 0.05) is 13.5 Å². The van der Waals surface area contributed by atoms with E-state index in [-0.39, 0.29) is 5.91 Å². The summed E-state index contributed by atoms with van der Waals surface area (Å²) in [5.74, 6) is 0.985. The zero-order valence-corrected chi connectivity index (χ0v) is 25.7. The number of nitrogens with zero attached hydrogens (tertiary/aromatic N) is 1. The minimum absolute atomic E-state index is 0.0808. The van der Waals surface area contributed by atoms with Crippen LogP contribution in [0.25, 0.3) is 0 Å². The zero-order valence-electron chi connectivity index (χ0n) is 25.7. The number of hydrogen-bond donors (Lipinski definition) is 1. The smallest absolute Gasteiger partial charge is 0.216 e. The van der Waals surface area contributed by atoms with Crippen LogP contribution < -0.4 is 5.32 Å². The van der Waals surface area contributed by atoms with Gasteiger partial charge in [0.1, 0.15) is 0 Å². The molecule has 0 bridgehead atoms. The normalized spacial score (nSPS) is 12.9. The average Bonchev–Trinajstić information content (AvgIpc) is 2.85. The topological polar surface area (TPSA) is 41.6 Å². The van der Waals surface area contributed by atoms with Gasteiger partial charge < -0.3 is 15.0 Å². The van der Waals surface area contributed by atoms with Crippen LogP contribution in [0.1, 0.15) is 88.5 Å². The highest BCUT2D eigenvalue weighted by molar-refractivity contribution is 5.72. The lowest BCUT2D eigenvalue weighted by atomic mass is 9.99. The van der Waals surface area contributed by atoms with Gasteiger partial charge >= 0.3 is 0 Å². The second kappa shape index (κ2) is 39.7. The Morgan fingerprint density at radius 3 is 1.89 bits per heavy atom. The first-order chi connectivity index (χ1) is 17.2. The number of nitrogens with one attached hydrogen (secondary N) is 1. The van der Waals surface area contributed by atoms with Crippen LogP contribution in [-0.4, -0.2) is 44.1 Å². The fraction of sp³-hybridized carbons (Fsp3) is 0.594. The molecule has 4 nitrogen and oxygen atoms in total. The molecule has 1 saturated heterocycles. The molecule has 0 unspecified atom stereocenters. The molecule has 0 aliphatic carbocycles. The van der Waals surface area contributed by atoms with Gasteiger partial charge in [-0.15, -0.1) is 19.4 Å². The van der Waals surface area contributed by atoms with E-state index in [1.54, 1.807) is 26.4 Å². The van der Waals surface area contributed by atoms with E-state index in [1.165, 1.54) is 37.1 Å². The predicted molar refractivity (Wildman–Crippen MR) is 165 cm³/mol. The van der Waals surface area contributed by atoms with Crippen LogP contribution >= 0.6 is 0 Å². The van der Waals surface area contributed by atoms with Gasteiger partial charge in [-0.2, -0.15) is 0 Å². The summed E-state index contributed by atoms with van der Waals surface area (Å²) in [5, 5.41) is 2.83. The second-order valence-electron chi connectivity index (χ2n) is 8.14. The van der Waals surface area contributed by atoms with Crippen molar-refractivity contribution in [1.29, 1.82) is 0 Å². The number of likely N-dealkylation sites (tertiary alicyclic amines) is 1. The largest absolute Gasteiger partial charge is 0.504 e. The van der Waals surface area contributed by atoms with E-state index in [4.69, 9.17) is 0 Å². The molecule has 0 aromatic carbocycles. The summed E-state index contributed by atoms with van der Waals surface area (Å²) in [7, 11) is 1.65. The first kappa shape index (κ1) is 43.6. The van der Waals surface area contributed by atoms with Crippen LogP contribution in [0.5, 0.6) is 0 Å². The van der Waals surface area contributed by atoms with Crippen molar-refractivity contribution in [2.24, 2.45) is 5.92 Å². The fourth-order valence-electron chi connectivity index (χ4n) is 2.65. The number of allylic oxidation sites excluding steroid dienone is 8. The minimum Gasteiger partial charge on any atom is -0.504 e. The van der Waals surface area contributed by atoms with E-state index in [9.17, 15) is 4.79 Å². The van der Waals surface area contributed by atoms with Crippen molar-refractivity contribution in [2.75, 3.05) is 33.3 Å². The van der Waals surface area contributed by atoms with Crippen molar-refractivity contribution in [3.63, 3.8) is 0 Å². The van der Waals surface area contributed by atoms with E-state index in [1.807, 2.05) is 66.7 Å². The lowest BCUT2D eigenvalue weighted by Gasteiger charge is -2.30. The number of ether oxygens (including phenoxy) is 1. The van der Waals surface area contributed by atoms with Crippen molar-refractivity contribution in [2.45, 2.75) is 88.5 Å². The van der Waals surface area contributed by atoms with E-state index >= 15 is 0 Å². The van der Waals surface area contributed by atoms with Gasteiger partial charge in [0.25, 0.3) is 0 Å². The average molecular weight is 505 g/mol. The Morgan fingerprint density at radius 1 is 1.06 bits per heavy atom. The van der Waals surface area contributed by atoms with Crippen molar-refractivity contribution >= 4 is 5.91 Å². The zero-order chi connectivity index (χ0) is 29.2. The molecule has 0 aromatic rings. The lowest BCUT2D eigenvalue weighted by Crippen LogP contribution is -2.35. The van der Waals surface area contributed by atoms with Crippen LogP contribution in [0.3, 0.4) is 0 Å². The Morgan fingerprint density at radius 2 is 1.56 bits per heavy atom.